The van der Waals surface area contributed by atoms with Gasteiger partial charge in [0, 0.05) is 18.0 Å². The predicted molar refractivity (Wildman–Crippen MR) is 67.2 cm³/mol. The molecule has 1 amide bonds. The number of pyridine rings is 1. The first kappa shape index (κ1) is 12.3. The van der Waals surface area contributed by atoms with Gasteiger partial charge in [-0.2, -0.15) is 0 Å². The van der Waals surface area contributed by atoms with E-state index in [0.717, 1.165) is 5.56 Å². The van der Waals surface area contributed by atoms with Gasteiger partial charge < -0.3 is 5.32 Å². The molecule has 0 saturated carbocycles. The normalized spacial score (nSPS) is 11.1. The van der Waals surface area contributed by atoms with Gasteiger partial charge in [-0.25, -0.2) is 9.50 Å². The highest BCUT2D eigenvalue weighted by molar-refractivity contribution is 5.77. The van der Waals surface area contributed by atoms with Crippen LogP contribution in [-0.4, -0.2) is 20.5 Å². The molecule has 6 heteroatoms. The van der Waals surface area contributed by atoms with Crippen LogP contribution in [0.3, 0.4) is 0 Å². The first-order valence-electron chi connectivity index (χ1n) is 5.83. The second-order valence-corrected chi connectivity index (χ2v) is 4.56. The van der Waals surface area contributed by atoms with Crippen molar-refractivity contribution in [2.24, 2.45) is 5.92 Å². The van der Waals surface area contributed by atoms with E-state index >= 15 is 0 Å². The highest BCUT2D eigenvalue weighted by atomic mass is 16.2. The fraction of sp³-hybridized carbons (Fsp3) is 0.417. The second-order valence-electron chi connectivity index (χ2n) is 4.56. The summed E-state index contributed by atoms with van der Waals surface area (Å²) in [4.78, 5) is 27.7. The molecule has 0 spiro atoms. The molecule has 2 N–H and O–H groups in total. The molecule has 0 saturated heterocycles. The molecule has 0 aliphatic heterocycles. The predicted octanol–water partition coefficient (Wildman–Crippen LogP) is 0.603. The zero-order valence-corrected chi connectivity index (χ0v) is 10.7. The summed E-state index contributed by atoms with van der Waals surface area (Å²) in [6.45, 7) is 5.71. The second kappa shape index (κ2) is 4.64. The highest BCUT2D eigenvalue weighted by Gasteiger charge is 2.12. The SMILES string of the molecule is Cc1cc2nc[nH]n2c(=O)c1CNC(=O)C(C)C. The van der Waals surface area contributed by atoms with Crippen LogP contribution in [0.2, 0.25) is 0 Å². The van der Waals surface area contributed by atoms with E-state index in [1.54, 1.807) is 0 Å². The minimum Gasteiger partial charge on any atom is -0.352 e. The van der Waals surface area contributed by atoms with E-state index in [-0.39, 0.29) is 23.9 Å². The Hall–Kier alpha value is -2.11. The third kappa shape index (κ3) is 2.13. The molecule has 0 fully saturated rings. The molecule has 6 nitrogen and oxygen atoms in total. The minimum absolute atomic E-state index is 0.0662. The summed E-state index contributed by atoms with van der Waals surface area (Å²) in [7, 11) is 0. The van der Waals surface area contributed by atoms with Crippen molar-refractivity contribution in [1.29, 1.82) is 0 Å². The van der Waals surface area contributed by atoms with E-state index in [1.165, 1.54) is 10.8 Å². The number of fused-ring (bicyclic) bond motifs is 1. The fourth-order valence-electron chi connectivity index (χ4n) is 1.72. The third-order valence-electron chi connectivity index (χ3n) is 2.86. The fourth-order valence-corrected chi connectivity index (χ4v) is 1.72. The Morgan fingerprint density at radius 3 is 2.94 bits per heavy atom. The van der Waals surface area contributed by atoms with Crippen LogP contribution >= 0.6 is 0 Å². The number of nitrogens with one attached hydrogen (secondary N) is 2. The molecule has 2 aromatic rings. The standard InChI is InChI=1S/C12H16N4O2/c1-7(2)11(17)13-5-9-8(3)4-10-14-6-15-16(10)12(9)18/h4,6-7H,5H2,1-3H3,(H,13,17)(H,14,15). The first-order valence-corrected chi connectivity index (χ1v) is 5.83. The van der Waals surface area contributed by atoms with Crippen LogP contribution in [0.4, 0.5) is 0 Å². The molecule has 96 valence electrons. The quantitative estimate of drug-likeness (QED) is 0.835. The highest BCUT2D eigenvalue weighted by Crippen LogP contribution is 2.05. The summed E-state index contributed by atoms with van der Waals surface area (Å²) in [6.07, 6.45) is 1.46. The van der Waals surface area contributed by atoms with Crippen LogP contribution in [0.5, 0.6) is 0 Å². The van der Waals surface area contributed by atoms with E-state index in [1.807, 2.05) is 26.8 Å². The van der Waals surface area contributed by atoms with Crippen molar-refractivity contribution in [2.75, 3.05) is 0 Å². The van der Waals surface area contributed by atoms with Gasteiger partial charge in [-0.1, -0.05) is 13.8 Å². The van der Waals surface area contributed by atoms with E-state index < -0.39 is 0 Å². The molecule has 2 heterocycles. The van der Waals surface area contributed by atoms with Crippen LogP contribution in [-0.2, 0) is 11.3 Å². The Kier molecular flexibility index (Phi) is 3.18. The summed E-state index contributed by atoms with van der Waals surface area (Å²) in [5.41, 5.74) is 1.81. The molecule has 0 bridgehead atoms. The van der Waals surface area contributed by atoms with Crippen LogP contribution in [0, 0.1) is 12.8 Å². The maximum Gasteiger partial charge on any atom is 0.276 e. The summed E-state index contributed by atoms with van der Waals surface area (Å²) < 4.78 is 1.36. The average molecular weight is 248 g/mol. The number of carbonyl (C=O) groups is 1. The van der Waals surface area contributed by atoms with E-state index in [9.17, 15) is 9.59 Å². The van der Waals surface area contributed by atoms with Crippen molar-refractivity contribution in [3.05, 3.63) is 33.9 Å². The number of H-pyrrole nitrogens is 1. The molecular formula is C12H16N4O2. The van der Waals surface area contributed by atoms with Gasteiger partial charge in [-0.05, 0) is 18.6 Å². The van der Waals surface area contributed by atoms with Crippen LogP contribution in [0.25, 0.3) is 5.65 Å². The van der Waals surface area contributed by atoms with Gasteiger partial charge in [0.1, 0.15) is 6.33 Å². The number of carbonyl (C=O) groups excluding carboxylic acids is 1. The van der Waals surface area contributed by atoms with E-state index in [0.29, 0.717) is 11.2 Å². The maximum atomic E-state index is 12.1. The molecular weight excluding hydrogens is 232 g/mol. The molecule has 0 radical (unpaired) electrons. The Morgan fingerprint density at radius 2 is 2.28 bits per heavy atom. The summed E-state index contributed by atoms with van der Waals surface area (Å²) in [5.74, 6) is -0.160. The van der Waals surface area contributed by atoms with Gasteiger partial charge in [0.25, 0.3) is 5.56 Å². The number of aryl methyl sites for hydroxylation is 1. The monoisotopic (exact) mass is 248 g/mol. The largest absolute Gasteiger partial charge is 0.352 e. The van der Waals surface area contributed by atoms with Crippen LogP contribution in [0.1, 0.15) is 25.0 Å². The molecule has 0 aliphatic rings. The average Bonchev–Trinajstić information content (AvgIpc) is 2.76. The van der Waals surface area contributed by atoms with Crippen molar-refractivity contribution in [2.45, 2.75) is 27.3 Å². The van der Waals surface area contributed by atoms with Crippen molar-refractivity contribution >= 4 is 11.6 Å². The van der Waals surface area contributed by atoms with E-state index in [2.05, 4.69) is 15.4 Å². The number of nitrogens with zero attached hydrogens (tertiary/aromatic N) is 2. The Labute approximate surface area is 104 Å². The third-order valence-corrected chi connectivity index (χ3v) is 2.86. The van der Waals surface area contributed by atoms with Crippen LogP contribution < -0.4 is 10.9 Å². The molecule has 2 aromatic heterocycles. The maximum absolute atomic E-state index is 12.1. The van der Waals surface area contributed by atoms with Gasteiger partial charge in [-0.15, -0.1) is 0 Å². The van der Waals surface area contributed by atoms with Crippen molar-refractivity contribution in [3.63, 3.8) is 0 Å². The van der Waals surface area contributed by atoms with Gasteiger partial charge in [0.05, 0.1) is 0 Å². The van der Waals surface area contributed by atoms with Gasteiger partial charge >= 0.3 is 0 Å². The number of hydrogen-bond acceptors (Lipinski definition) is 3. The molecule has 18 heavy (non-hydrogen) atoms. The number of rotatable bonds is 3. The van der Waals surface area contributed by atoms with Crippen molar-refractivity contribution in [3.8, 4) is 0 Å². The number of aromatic nitrogens is 3. The molecule has 0 unspecified atom stereocenters. The lowest BCUT2D eigenvalue weighted by Gasteiger charge is -2.09. The van der Waals surface area contributed by atoms with E-state index in [4.69, 9.17) is 0 Å². The lowest BCUT2D eigenvalue weighted by Crippen LogP contribution is -2.31. The molecule has 0 atom stereocenters. The molecule has 0 aromatic carbocycles. The van der Waals surface area contributed by atoms with Gasteiger partial charge in [0.2, 0.25) is 5.91 Å². The van der Waals surface area contributed by atoms with Crippen LogP contribution in [0.15, 0.2) is 17.2 Å². The Bertz CT molecular complexity index is 639. The lowest BCUT2D eigenvalue weighted by molar-refractivity contribution is -0.124. The molecule has 0 aliphatic carbocycles. The van der Waals surface area contributed by atoms with Crippen molar-refractivity contribution < 1.29 is 4.79 Å². The topological polar surface area (TPSA) is 79.3 Å². The van der Waals surface area contributed by atoms with Crippen molar-refractivity contribution in [1.82, 2.24) is 19.9 Å². The van der Waals surface area contributed by atoms with Gasteiger partial charge in [0.15, 0.2) is 5.65 Å². The smallest absolute Gasteiger partial charge is 0.276 e. The Morgan fingerprint density at radius 1 is 1.56 bits per heavy atom. The zero-order chi connectivity index (χ0) is 13.3. The number of aromatic amines is 1. The summed E-state index contributed by atoms with van der Waals surface area (Å²) in [6, 6.07) is 1.81. The number of amides is 1. The first-order chi connectivity index (χ1) is 8.50. The van der Waals surface area contributed by atoms with Gasteiger partial charge in [-0.3, -0.25) is 14.7 Å². The number of hydrogen-bond donors (Lipinski definition) is 2. The lowest BCUT2D eigenvalue weighted by atomic mass is 10.1. The Balaban J connectivity index is 2.33. The zero-order valence-electron chi connectivity index (χ0n) is 10.7. The summed E-state index contributed by atoms with van der Waals surface area (Å²) in [5, 5.41) is 5.50. The minimum atomic E-state index is -0.174. The summed E-state index contributed by atoms with van der Waals surface area (Å²) >= 11 is 0. The molecule has 2 rings (SSSR count).